The second-order valence-corrected chi connectivity index (χ2v) is 7.26. The van der Waals surface area contributed by atoms with Gasteiger partial charge in [0.25, 0.3) is 5.91 Å². The maximum Gasteiger partial charge on any atom is 0.313 e. The van der Waals surface area contributed by atoms with Crippen LogP contribution < -0.4 is 0 Å². The molecule has 2 atom stereocenters. The highest BCUT2D eigenvalue weighted by Gasteiger charge is 2.55. The maximum absolute atomic E-state index is 12.9. The Morgan fingerprint density at radius 3 is 2.79 bits per heavy atom. The van der Waals surface area contributed by atoms with Crippen LogP contribution in [0.25, 0.3) is 0 Å². The van der Waals surface area contributed by atoms with Gasteiger partial charge >= 0.3 is 5.97 Å². The summed E-state index contributed by atoms with van der Waals surface area (Å²) in [5, 5.41) is 14.2. The van der Waals surface area contributed by atoms with Gasteiger partial charge in [-0.05, 0) is 38.4 Å². The summed E-state index contributed by atoms with van der Waals surface area (Å²) in [6.45, 7) is 4.27. The third-order valence-electron chi connectivity index (χ3n) is 5.48. The first-order valence-electron chi connectivity index (χ1n) is 8.61. The fraction of sp³-hybridized carbons (Fsp3) is 0.706. The number of nitrogens with zero attached hydrogens (tertiary/aromatic N) is 4. The number of amides is 1. The number of fused-ring (bicyclic) bond motifs is 1. The molecular formula is C17H26N4O3. The summed E-state index contributed by atoms with van der Waals surface area (Å²) in [6, 6.07) is 1.84. The van der Waals surface area contributed by atoms with E-state index in [0.717, 1.165) is 31.5 Å². The Morgan fingerprint density at radius 1 is 1.38 bits per heavy atom. The number of carbonyl (C=O) groups excluding carboxylic acids is 1. The fourth-order valence-corrected chi connectivity index (χ4v) is 4.19. The second kappa shape index (κ2) is 6.20. The molecule has 2 aliphatic heterocycles. The van der Waals surface area contributed by atoms with Crippen LogP contribution in [-0.2, 0) is 18.3 Å². The van der Waals surface area contributed by atoms with Gasteiger partial charge in [-0.2, -0.15) is 5.10 Å². The number of piperidine rings is 1. The molecule has 1 N–H and O–H groups in total. The van der Waals surface area contributed by atoms with Gasteiger partial charge in [0.15, 0.2) is 0 Å². The van der Waals surface area contributed by atoms with Crippen molar-refractivity contribution in [3.8, 4) is 0 Å². The highest BCUT2D eigenvalue weighted by Crippen LogP contribution is 2.42. The minimum atomic E-state index is -0.840. The third kappa shape index (κ3) is 2.70. The Kier molecular flexibility index (Phi) is 4.38. The Labute approximate surface area is 142 Å². The molecule has 3 heterocycles. The molecule has 0 aromatic carbocycles. The lowest BCUT2D eigenvalue weighted by Crippen LogP contribution is -2.52. The van der Waals surface area contributed by atoms with Crippen LogP contribution in [0.15, 0.2) is 6.07 Å². The van der Waals surface area contributed by atoms with Gasteiger partial charge in [0.2, 0.25) is 0 Å². The summed E-state index contributed by atoms with van der Waals surface area (Å²) in [5.41, 5.74) is 0.617. The Balaban J connectivity index is 1.83. The predicted molar refractivity (Wildman–Crippen MR) is 88.8 cm³/mol. The minimum absolute atomic E-state index is 0.0264. The molecule has 2 saturated heterocycles. The summed E-state index contributed by atoms with van der Waals surface area (Å²) in [7, 11) is 3.72. The number of carboxylic acids is 1. The van der Waals surface area contributed by atoms with Crippen LogP contribution in [0.4, 0.5) is 0 Å². The molecule has 0 aliphatic carbocycles. The molecule has 2 aliphatic rings. The number of hydrogen-bond acceptors (Lipinski definition) is 4. The Hall–Kier alpha value is -1.89. The van der Waals surface area contributed by atoms with Crippen molar-refractivity contribution in [2.75, 3.05) is 33.2 Å². The van der Waals surface area contributed by atoms with E-state index in [1.165, 1.54) is 0 Å². The molecule has 1 aromatic rings. The number of carbonyl (C=O) groups is 2. The average molecular weight is 334 g/mol. The van der Waals surface area contributed by atoms with Gasteiger partial charge in [0.1, 0.15) is 11.1 Å². The van der Waals surface area contributed by atoms with E-state index >= 15 is 0 Å². The zero-order chi connectivity index (χ0) is 17.5. The number of aromatic nitrogens is 2. The lowest BCUT2D eigenvalue weighted by Gasteiger charge is -2.39. The summed E-state index contributed by atoms with van der Waals surface area (Å²) < 4.78 is 1.62. The highest BCUT2D eigenvalue weighted by atomic mass is 16.4. The van der Waals surface area contributed by atoms with Crippen molar-refractivity contribution in [3.05, 3.63) is 17.5 Å². The van der Waals surface area contributed by atoms with E-state index in [1.54, 1.807) is 16.6 Å². The summed E-state index contributed by atoms with van der Waals surface area (Å²) in [4.78, 5) is 28.7. The van der Waals surface area contributed by atoms with E-state index in [2.05, 4.69) is 16.9 Å². The SMILES string of the molecule is CCCc1cc(C(=O)N2C[C@H]3CCN(C)C[C@@]3(C(=O)O)C2)n(C)n1. The van der Waals surface area contributed by atoms with Gasteiger partial charge in [-0.15, -0.1) is 0 Å². The van der Waals surface area contributed by atoms with Gasteiger partial charge in [0, 0.05) is 26.7 Å². The van der Waals surface area contributed by atoms with Crippen LogP contribution in [0.1, 0.15) is 35.9 Å². The van der Waals surface area contributed by atoms with Crippen LogP contribution in [0, 0.1) is 11.3 Å². The topological polar surface area (TPSA) is 78.7 Å². The molecule has 0 radical (unpaired) electrons. The first kappa shape index (κ1) is 17.0. The van der Waals surface area contributed by atoms with Gasteiger partial charge in [-0.25, -0.2) is 0 Å². The summed E-state index contributed by atoms with van der Waals surface area (Å²) in [5.74, 6) is -0.866. The number of aliphatic carboxylic acids is 1. The lowest BCUT2D eigenvalue weighted by atomic mass is 9.73. The molecule has 7 heteroatoms. The zero-order valence-electron chi connectivity index (χ0n) is 14.7. The number of hydrogen-bond donors (Lipinski definition) is 1. The van der Waals surface area contributed by atoms with Crippen LogP contribution >= 0.6 is 0 Å². The van der Waals surface area contributed by atoms with Gasteiger partial charge < -0.3 is 14.9 Å². The molecule has 1 amide bonds. The largest absolute Gasteiger partial charge is 0.481 e. The molecule has 132 valence electrons. The van der Waals surface area contributed by atoms with E-state index < -0.39 is 11.4 Å². The molecule has 0 bridgehead atoms. The van der Waals surface area contributed by atoms with Gasteiger partial charge in [0.05, 0.1) is 5.69 Å². The van der Waals surface area contributed by atoms with Crippen molar-refractivity contribution in [1.29, 1.82) is 0 Å². The van der Waals surface area contributed by atoms with Crippen LogP contribution in [0.2, 0.25) is 0 Å². The normalized spacial score (nSPS) is 27.3. The quantitative estimate of drug-likeness (QED) is 0.883. The highest BCUT2D eigenvalue weighted by molar-refractivity contribution is 5.93. The molecule has 24 heavy (non-hydrogen) atoms. The summed E-state index contributed by atoms with van der Waals surface area (Å²) in [6.07, 6.45) is 2.64. The van der Waals surface area contributed by atoms with Crippen molar-refractivity contribution in [2.24, 2.45) is 18.4 Å². The Morgan fingerprint density at radius 2 is 2.12 bits per heavy atom. The standard InChI is InChI=1S/C17H26N4O3/c1-4-5-13-8-14(20(3)18-13)15(22)21-9-12-6-7-19(2)10-17(12,11-21)16(23)24/h8,12H,4-7,9-11H2,1-3H3,(H,23,24)/t12-,17-/m1/s1. The van der Waals surface area contributed by atoms with Crippen LogP contribution in [-0.4, -0.2) is 69.8 Å². The molecule has 3 rings (SSSR count). The molecule has 0 unspecified atom stereocenters. The molecule has 2 fully saturated rings. The number of rotatable bonds is 4. The van der Waals surface area contributed by atoms with Gasteiger partial charge in [-0.3, -0.25) is 14.3 Å². The van der Waals surface area contributed by atoms with E-state index in [1.807, 2.05) is 13.1 Å². The molecule has 1 aromatic heterocycles. The number of carboxylic acid groups (broad SMARTS) is 1. The second-order valence-electron chi connectivity index (χ2n) is 7.26. The summed E-state index contributed by atoms with van der Waals surface area (Å²) >= 11 is 0. The number of aryl methyl sites for hydroxylation is 2. The minimum Gasteiger partial charge on any atom is -0.481 e. The first-order chi connectivity index (χ1) is 11.4. The van der Waals surface area contributed by atoms with Crippen molar-refractivity contribution in [3.63, 3.8) is 0 Å². The lowest BCUT2D eigenvalue weighted by molar-refractivity contribution is -0.153. The molecular weight excluding hydrogens is 308 g/mol. The molecule has 0 spiro atoms. The first-order valence-corrected chi connectivity index (χ1v) is 8.61. The molecule has 0 saturated carbocycles. The zero-order valence-corrected chi connectivity index (χ0v) is 14.7. The van der Waals surface area contributed by atoms with Crippen molar-refractivity contribution in [2.45, 2.75) is 26.2 Å². The smallest absolute Gasteiger partial charge is 0.313 e. The monoisotopic (exact) mass is 334 g/mol. The average Bonchev–Trinajstić information content (AvgIpc) is 3.08. The number of likely N-dealkylation sites (tertiary alicyclic amines) is 2. The maximum atomic E-state index is 12.9. The van der Waals surface area contributed by atoms with E-state index in [-0.39, 0.29) is 18.4 Å². The van der Waals surface area contributed by atoms with Crippen molar-refractivity contribution >= 4 is 11.9 Å². The van der Waals surface area contributed by atoms with E-state index in [0.29, 0.717) is 18.8 Å². The predicted octanol–water partition coefficient (Wildman–Crippen LogP) is 0.851. The van der Waals surface area contributed by atoms with Crippen LogP contribution in [0.3, 0.4) is 0 Å². The van der Waals surface area contributed by atoms with E-state index in [9.17, 15) is 14.7 Å². The van der Waals surface area contributed by atoms with Gasteiger partial charge in [-0.1, -0.05) is 13.3 Å². The third-order valence-corrected chi connectivity index (χ3v) is 5.48. The fourth-order valence-electron chi connectivity index (χ4n) is 4.19. The van der Waals surface area contributed by atoms with Crippen molar-refractivity contribution in [1.82, 2.24) is 19.6 Å². The van der Waals surface area contributed by atoms with Crippen molar-refractivity contribution < 1.29 is 14.7 Å². The van der Waals surface area contributed by atoms with E-state index in [4.69, 9.17) is 0 Å². The molecule has 7 nitrogen and oxygen atoms in total. The Bertz CT molecular complexity index is 656. The van der Waals surface area contributed by atoms with Crippen LogP contribution in [0.5, 0.6) is 0 Å².